The normalized spacial score (nSPS) is 10.9. The molecular formula is C20H28O. The Labute approximate surface area is 129 Å². The Bertz CT molecular complexity index is 518. The minimum atomic E-state index is 0.841. The first-order chi connectivity index (χ1) is 10.4. The molecule has 0 fully saturated rings. The SMILES string of the molecule is CCCCCCCCCCOc1ccc2ccccc2c1. The van der Waals surface area contributed by atoms with Gasteiger partial charge in [0.2, 0.25) is 0 Å². The van der Waals surface area contributed by atoms with Crippen LogP contribution in [0.15, 0.2) is 42.5 Å². The summed E-state index contributed by atoms with van der Waals surface area (Å²) in [6.45, 7) is 3.11. The van der Waals surface area contributed by atoms with Crippen LogP contribution in [0, 0.1) is 0 Å². The van der Waals surface area contributed by atoms with Crippen LogP contribution in [0.25, 0.3) is 10.8 Å². The van der Waals surface area contributed by atoms with E-state index in [1.54, 1.807) is 0 Å². The van der Waals surface area contributed by atoms with E-state index in [9.17, 15) is 0 Å². The van der Waals surface area contributed by atoms with Gasteiger partial charge < -0.3 is 4.74 Å². The quantitative estimate of drug-likeness (QED) is 0.461. The van der Waals surface area contributed by atoms with Crippen molar-refractivity contribution < 1.29 is 4.74 Å². The van der Waals surface area contributed by atoms with Gasteiger partial charge in [-0.15, -0.1) is 0 Å². The molecule has 1 heteroatoms. The molecule has 0 unspecified atom stereocenters. The molecule has 114 valence electrons. The Hall–Kier alpha value is -1.50. The lowest BCUT2D eigenvalue weighted by atomic mass is 10.1. The van der Waals surface area contributed by atoms with Crippen molar-refractivity contribution in [3.63, 3.8) is 0 Å². The van der Waals surface area contributed by atoms with E-state index in [0.717, 1.165) is 12.4 Å². The third-order valence-electron chi connectivity index (χ3n) is 3.99. The highest BCUT2D eigenvalue weighted by atomic mass is 16.5. The summed E-state index contributed by atoms with van der Waals surface area (Å²) in [5.41, 5.74) is 0. The molecule has 2 aromatic rings. The third-order valence-corrected chi connectivity index (χ3v) is 3.99. The fourth-order valence-electron chi connectivity index (χ4n) is 2.68. The molecule has 0 aliphatic rings. The number of hydrogen-bond donors (Lipinski definition) is 0. The van der Waals surface area contributed by atoms with Crippen LogP contribution >= 0.6 is 0 Å². The highest BCUT2D eigenvalue weighted by Gasteiger charge is 1.97. The average molecular weight is 284 g/mol. The van der Waals surface area contributed by atoms with Crippen molar-refractivity contribution in [2.45, 2.75) is 58.3 Å². The lowest BCUT2D eigenvalue weighted by molar-refractivity contribution is 0.304. The molecule has 0 N–H and O–H groups in total. The second-order valence-electron chi connectivity index (χ2n) is 5.83. The Morgan fingerprint density at radius 2 is 1.38 bits per heavy atom. The monoisotopic (exact) mass is 284 g/mol. The van der Waals surface area contributed by atoms with Crippen molar-refractivity contribution in [2.24, 2.45) is 0 Å². The zero-order valence-corrected chi connectivity index (χ0v) is 13.3. The first-order valence-corrected chi connectivity index (χ1v) is 8.52. The van der Waals surface area contributed by atoms with Crippen molar-refractivity contribution in [3.05, 3.63) is 42.5 Å². The fourth-order valence-corrected chi connectivity index (χ4v) is 2.68. The lowest BCUT2D eigenvalue weighted by Gasteiger charge is -2.07. The maximum atomic E-state index is 5.86. The van der Waals surface area contributed by atoms with Gasteiger partial charge in [-0.3, -0.25) is 0 Å². The first-order valence-electron chi connectivity index (χ1n) is 8.52. The van der Waals surface area contributed by atoms with Gasteiger partial charge in [0.15, 0.2) is 0 Å². The zero-order valence-electron chi connectivity index (χ0n) is 13.3. The fraction of sp³-hybridized carbons (Fsp3) is 0.500. The van der Waals surface area contributed by atoms with Gasteiger partial charge in [-0.25, -0.2) is 0 Å². The van der Waals surface area contributed by atoms with Gasteiger partial charge in [-0.1, -0.05) is 82.2 Å². The Morgan fingerprint density at radius 1 is 0.714 bits per heavy atom. The van der Waals surface area contributed by atoms with Crippen LogP contribution in [0.5, 0.6) is 5.75 Å². The van der Waals surface area contributed by atoms with E-state index >= 15 is 0 Å². The number of rotatable bonds is 10. The van der Waals surface area contributed by atoms with Crippen molar-refractivity contribution in [1.29, 1.82) is 0 Å². The van der Waals surface area contributed by atoms with Gasteiger partial charge in [0.25, 0.3) is 0 Å². The highest BCUT2D eigenvalue weighted by molar-refractivity contribution is 5.83. The van der Waals surface area contributed by atoms with Crippen molar-refractivity contribution in [1.82, 2.24) is 0 Å². The molecule has 0 saturated carbocycles. The summed E-state index contributed by atoms with van der Waals surface area (Å²) in [5, 5.41) is 2.53. The predicted octanol–water partition coefficient (Wildman–Crippen LogP) is 6.36. The van der Waals surface area contributed by atoms with E-state index in [1.807, 2.05) is 0 Å². The van der Waals surface area contributed by atoms with E-state index in [1.165, 1.54) is 62.1 Å². The smallest absolute Gasteiger partial charge is 0.119 e. The molecule has 2 aromatic carbocycles. The number of ether oxygens (including phenoxy) is 1. The van der Waals surface area contributed by atoms with Gasteiger partial charge in [0, 0.05) is 0 Å². The summed E-state index contributed by atoms with van der Waals surface area (Å²) in [5.74, 6) is 0.997. The van der Waals surface area contributed by atoms with Crippen LogP contribution in [0.2, 0.25) is 0 Å². The summed E-state index contributed by atoms with van der Waals surface area (Å²) in [6, 6.07) is 14.8. The van der Waals surface area contributed by atoms with Gasteiger partial charge in [-0.05, 0) is 29.3 Å². The van der Waals surface area contributed by atoms with Gasteiger partial charge >= 0.3 is 0 Å². The Kier molecular flexibility index (Phi) is 7.14. The van der Waals surface area contributed by atoms with Crippen molar-refractivity contribution in [3.8, 4) is 5.75 Å². The molecule has 0 radical (unpaired) electrons. The summed E-state index contributed by atoms with van der Waals surface area (Å²) in [7, 11) is 0. The molecule has 0 aliphatic carbocycles. The van der Waals surface area contributed by atoms with E-state index in [4.69, 9.17) is 4.74 Å². The molecule has 0 spiro atoms. The van der Waals surface area contributed by atoms with E-state index < -0.39 is 0 Å². The molecule has 0 aliphatic heterocycles. The largest absolute Gasteiger partial charge is 0.494 e. The molecule has 2 rings (SSSR count). The zero-order chi connectivity index (χ0) is 14.8. The maximum absolute atomic E-state index is 5.86. The van der Waals surface area contributed by atoms with Crippen LogP contribution in [-0.2, 0) is 0 Å². The van der Waals surface area contributed by atoms with Crippen LogP contribution in [0.3, 0.4) is 0 Å². The maximum Gasteiger partial charge on any atom is 0.119 e. The van der Waals surface area contributed by atoms with E-state index in [0.29, 0.717) is 0 Å². The highest BCUT2D eigenvalue weighted by Crippen LogP contribution is 2.20. The number of benzene rings is 2. The van der Waals surface area contributed by atoms with Crippen LogP contribution in [-0.4, -0.2) is 6.61 Å². The number of fused-ring (bicyclic) bond motifs is 1. The summed E-state index contributed by atoms with van der Waals surface area (Å²) in [6.07, 6.45) is 10.7. The van der Waals surface area contributed by atoms with Crippen LogP contribution < -0.4 is 4.74 Å². The summed E-state index contributed by atoms with van der Waals surface area (Å²) >= 11 is 0. The topological polar surface area (TPSA) is 9.23 Å². The minimum Gasteiger partial charge on any atom is -0.494 e. The molecule has 0 saturated heterocycles. The van der Waals surface area contributed by atoms with Crippen LogP contribution in [0.1, 0.15) is 58.3 Å². The summed E-state index contributed by atoms with van der Waals surface area (Å²) in [4.78, 5) is 0. The van der Waals surface area contributed by atoms with Gasteiger partial charge in [-0.2, -0.15) is 0 Å². The predicted molar refractivity (Wildman–Crippen MR) is 92.1 cm³/mol. The summed E-state index contributed by atoms with van der Waals surface area (Å²) < 4.78 is 5.86. The van der Waals surface area contributed by atoms with Crippen molar-refractivity contribution in [2.75, 3.05) is 6.61 Å². The number of hydrogen-bond acceptors (Lipinski definition) is 1. The second kappa shape index (κ2) is 9.44. The molecule has 0 atom stereocenters. The molecule has 0 heterocycles. The van der Waals surface area contributed by atoms with Crippen molar-refractivity contribution >= 4 is 10.8 Å². The molecule has 0 aromatic heterocycles. The van der Waals surface area contributed by atoms with Gasteiger partial charge in [0.05, 0.1) is 6.61 Å². The van der Waals surface area contributed by atoms with Crippen LogP contribution in [0.4, 0.5) is 0 Å². The molecule has 0 bridgehead atoms. The average Bonchev–Trinajstić information content (AvgIpc) is 2.53. The Morgan fingerprint density at radius 3 is 2.14 bits per heavy atom. The third kappa shape index (κ3) is 5.79. The first kappa shape index (κ1) is 15.9. The molecular weight excluding hydrogens is 256 g/mol. The standard InChI is InChI=1S/C20H28O/c1-2-3-4-5-6-7-8-11-16-21-20-15-14-18-12-9-10-13-19(18)17-20/h9-10,12-15,17H,2-8,11,16H2,1H3. The number of unbranched alkanes of at least 4 members (excludes halogenated alkanes) is 7. The molecule has 1 nitrogen and oxygen atoms in total. The Balaban J connectivity index is 1.59. The van der Waals surface area contributed by atoms with E-state index in [-0.39, 0.29) is 0 Å². The molecule has 21 heavy (non-hydrogen) atoms. The van der Waals surface area contributed by atoms with E-state index in [2.05, 4.69) is 49.4 Å². The molecule has 0 amide bonds. The van der Waals surface area contributed by atoms with Gasteiger partial charge in [0.1, 0.15) is 5.75 Å². The minimum absolute atomic E-state index is 0.841. The lowest BCUT2D eigenvalue weighted by Crippen LogP contribution is -1.97. The second-order valence-corrected chi connectivity index (χ2v) is 5.83.